The Balaban J connectivity index is 2.10. The van der Waals surface area contributed by atoms with Crippen LogP contribution in [0.4, 0.5) is 0 Å². The lowest BCUT2D eigenvalue weighted by atomic mass is 10.2. The summed E-state index contributed by atoms with van der Waals surface area (Å²) in [5, 5.41) is 3.97. The highest BCUT2D eigenvalue weighted by Gasteiger charge is 2.11. The Bertz CT molecular complexity index is 648. The first kappa shape index (κ1) is 15.2. The molecule has 0 spiro atoms. The molecule has 0 saturated heterocycles. The minimum Gasteiger partial charge on any atom is -0.377 e. The van der Waals surface area contributed by atoms with Crippen LogP contribution in [0, 0.1) is 13.8 Å². The van der Waals surface area contributed by atoms with Crippen molar-refractivity contribution in [3.05, 3.63) is 26.6 Å². The Morgan fingerprint density at radius 3 is 2.90 bits per heavy atom. The molecule has 110 valence electrons. The Hall–Kier alpha value is -1.24. The van der Waals surface area contributed by atoms with Gasteiger partial charge in [0.25, 0.3) is 5.56 Å². The van der Waals surface area contributed by atoms with Crippen molar-refractivity contribution < 1.29 is 4.74 Å². The Morgan fingerprint density at radius 1 is 1.45 bits per heavy atom. The maximum atomic E-state index is 12.1. The van der Waals surface area contributed by atoms with Gasteiger partial charge in [0.15, 0.2) is 0 Å². The number of H-pyrrole nitrogens is 1. The highest BCUT2D eigenvalue weighted by atomic mass is 32.1. The van der Waals surface area contributed by atoms with Gasteiger partial charge in [-0.05, 0) is 33.3 Å². The standard InChI is InChI=1S/C14H21N3O2S/c1-5-19-8(2)6-15-7-11-16-13(18)12-9(3)10(4)20-14(12)17-11/h8,15H,5-7H2,1-4H3,(H,16,17,18). The van der Waals surface area contributed by atoms with Gasteiger partial charge in [-0.2, -0.15) is 0 Å². The smallest absolute Gasteiger partial charge is 0.259 e. The van der Waals surface area contributed by atoms with Crippen molar-refractivity contribution >= 4 is 21.6 Å². The van der Waals surface area contributed by atoms with Crippen molar-refractivity contribution in [2.45, 2.75) is 40.3 Å². The van der Waals surface area contributed by atoms with Crippen LogP contribution in [-0.2, 0) is 11.3 Å². The van der Waals surface area contributed by atoms with Crippen molar-refractivity contribution in [2.24, 2.45) is 0 Å². The van der Waals surface area contributed by atoms with E-state index in [1.165, 1.54) is 0 Å². The molecule has 1 unspecified atom stereocenters. The summed E-state index contributed by atoms with van der Waals surface area (Å²) in [7, 11) is 0. The summed E-state index contributed by atoms with van der Waals surface area (Å²) in [6.45, 7) is 9.96. The number of thiophene rings is 1. The largest absolute Gasteiger partial charge is 0.377 e. The summed E-state index contributed by atoms with van der Waals surface area (Å²) >= 11 is 1.57. The van der Waals surface area contributed by atoms with Crippen LogP contribution in [0.5, 0.6) is 0 Å². The van der Waals surface area contributed by atoms with Crippen LogP contribution in [0.2, 0.25) is 0 Å². The Kier molecular flexibility index (Phi) is 4.91. The van der Waals surface area contributed by atoms with E-state index in [-0.39, 0.29) is 11.7 Å². The lowest BCUT2D eigenvalue weighted by Gasteiger charge is -2.12. The van der Waals surface area contributed by atoms with E-state index in [0.717, 1.165) is 27.2 Å². The molecule has 20 heavy (non-hydrogen) atoms. The van der Waals surface area contributed by atoms with E-state index in [1.54, 1.807) is 11.3 Å². The molecule has 0 radical (unpaired) electrons. The van der Waals surface area contributed by atoms with Gasteiger partial charge in [-0.3, -0.25) is 4.79 Å². The van der Waals surface area contributed by atoms with Crippen molar-refractivity contribution in [2.75, 3.05) is 13.2 Å². The quantitative estimate of drug-likeness (QED) is 0.856. The SMILES string of the molecule is CCOC(C)CNCc1nc2sc(C)c(C)c2c(=O)[nH]1. The number of nitrogens with zero attached hydrogens (tertiary/aromatic N) is 1. The summed E-state index contributed by atoms with van der Waals surface area (Å²) < 4.78 is 5.44. The molecule has 0 fully saturated rings. The third-order valence-electron chi connectivity index (χ3n) is 3.26. The van der Waals surface area contributed by atoms with E-state index in [2.05, 4.69) is 15.3 Å². The van der Waals surface area contributed by atoms with Crippen LogP contribution in [0.25, 0.3) is 10.2 Å². The van der Waals surface area contributed by atoms with Crippen LogP contribution in [0.1, 0.15) is 30.1 Å². The normalized spacial score (nSPS) is 13.0. The van der Waals surface area contributed by atoms with E-state index >= 15 is 0 Å². The first-order valence-corrected chi connectivity index (χ1v) is 7.65. The van der Waals surface area contributed by atoms with E-state index in [4.69, 9.17) is 4.74 Å². The number of fused-ring (bicyclic) bond motifs is 1. The van der Waals surface area contributed by atoms with Gasteiger partial charge in [0.2, 0.25) is 0 Å². The maximum Gasteiger partial charge on any atom is 0.259 e. The van der Waals surface area contributed by atoms with Gasteiger partial charge < -0.3 is 15.0 Å². The Morgan fingerprint density at radius 2 is 2.20 bits per heavy atom. The summed E-state index contributed by atoms with van der Waals surface area (Å²) in [6, 6.07) is 0. The molecule has 5 nitrogen and oxygen atoms in total. The fourth-order valence-electron chi connectivity index (χ4n) is 2.12. The third kappa shape index (κ3) is 3.26. The first-order chi connectivity index (χ1) is 9.52. The van der Waals surface area contributed by atoms with Crippen molar-refractivity contribution in [3.8, 4) is 0 Å². The Labute approximate surface area is 122 Å². The van der Waals surface area contributed by atoms with E-state index in [1.807, 2.05) is 27.7 Å². The van der Waals surface area contributed by atoms with Gasteiger partial charge in [0, 0.05) is 18.0 Å². The van der Waals surface area contributed by atoms with Gasteiger partial charge in [0.1, 0.15) is 10.7 Å². The molecule has 2 aromatic rings. The number of hydrogen-bond acceptors (Lipinski definition) is 5. The molecular weight excluding hydrogens is 274 g/mol. The molecule has 2 aromatic heterocycles. The molecule has 2 heterocycles. The average Bonchev–Trinajstić information content (AvgIpc) is 2.65. The highest BCUT2D eigenvalue weighted by Crippen LogP contribution is 2.25. The topological polar surface area (TPSA) is 67.0 Å². The van der Waals surface area contributed by atoms with Gasteiger partial charge in [-0.1, -0.05) is 0 Å². The second-order valence-corrected chi connectivity index (χ2v) is 6.08. The molecule has 0 aliphatic rings. The molecule has 0 aromatic carbocycles. The lowest BCUT2D eigenvalue weighted by molar-refractivity contribution is 0.0758. The van der Waals surface area contributed by atoms with Crippen LogP contribution in [-0.4, -0.2) is 29.2 Å². The summed E-state index contributed by atoms with van der Waals surface area (Å²) in [5.74, 6) is 0.674. The van der Waals surface area contributed by atoms with Crippen LogP contribution in [0.15, 0.2) is 4.79 Å². The first-order valence-electron chi connectivity index (χ1n) is 6.84. The fourth-order valence-corrected chi connectivity index (χ4v) is 3.17. The van der Waals surface area contributed by atoms with Crippen LogP contribution < -0.4 is 10.9 Å². The number of ether oxygens (including phenoxy) is 1. The van der Waals surface area contributed by atoms with E-state index in [9.17, 15) is 4.79 Å². The van der Waals surface area contributed by atoms with Gasteiger partial charge in [-0.25, -0.2) is 4.98 Å². The fraction of sp³-hybridized carbons (Fsp3) is 0.571. The van der Waals surface area contributed by atoms with Gasteiger partial charge >= 0.3 is 0 Å². The van der Waals surface area contributed by atoms with Crippen molar-refractivity contribution in [3.63, 3.8) is 0 Å². The molecule has 2 rings (SSSR count). The molecule has 0 bridgehead atoms. The highest BCUT2D eigenvalue weighted by molar-refractivity contribution is 7.18. The van der Waals surface area contributed by atoms with E-state index < -0.39 is 0 Å². The monoisotopic (exact) mass is 295 g/mol. The maximum absolute atomic E-state index is 12.1. The molecule has 1 atom stereocenters. The van der Waals surface area contributed by atoms with Gasteiger partial charge in [0.05, 0.1) is 18.0 Å². The lowest BCUT2D eigenvalue weighted by Crippen LogP contribution is -2.28. The number of nitrogens with one attached hydrogen (secondary N) is 2. The summed E-state index contributed by atoms with van der Waals surface area (Å²) in [4.78, 5) is 21.4. The number of hydrogen-bond donors (Lipinski definition) is 2. The van der Waals surface area contributed by atoms with Crippen molar-refractivity contribution in [1.29, 1.82) is 0 Å². The summed E-state index contributed by atoms with van der Waals surface area (Å²) in [6.07, 6.45) is 0.154. The second-order valence-electron chi connectivity index (χ2n) is 4.87. The average molecular weight is 295 g/mol. The molecule has 0 amide bonds. The van der Waals surface area contributed by atoms with E-state index in [0.29, 0.717) is 19.0 Å². The zero-order valence-corrected chi connectivity index (χ0v) is 13.2. The minimum atomic E-state index is -0.0495. The predicted octanol–water partition coefficient (Wildman–Crippen LogP) is 2.12. The number of aromatic nitrogens is 2. The van der Waals surface area contributed by atoms with Crippen molar-refractivity contribution in [1.82, 2.24) is 15.3 Å². The number of aromatic amines is 1. The van der Waals surface area contributed by atoms with Gasteiger partial charge in [-0.15, -0.1) is 11.3 Å². The molecule has 0 aliphatic heterocycles. The molecule has 6 heteroatoms. The second kappa shape index (κ2) is 6.47. The summed E-state index contributed by atoms with van der Waals surface area (Å²) in [5.41, 5.74) is 0.981. The molecule has 0 saturated carbocycles. The third-order valence-corrected chi connectivity index (χ3v) is 4.36. The minimum absolute atomic E-state index is 0.0495. The molecular formula is C14H21N3O2S. The predicted molar refractivity (Wildman–Crippen MR) is 82.5 cm³/mol. The number of rotatable bonds is 6. The zero-order valence-electron chi connectivity index (χ0n) is 12.4. The number of aryl methyl sites for hydroxylation is 2. The van der Waals surface area contributed by atoms with Crippen LogP contribution >= 0.6 is 11.3 Å². The molecule has 0 aliphatic carbocycles. The van der Waals surface area contributed by atoms with Crippen LogP contribution in [0.3, 0.4) is 0 Å². The zero-order chi connectivity index (χ0) is 14.7. The molecule has 2 N–H and O–H groups in total.